The van der Waals surface area contributed by atoms with Crippen molar-refractivity contribution in [1.29, 1.82) is 0 Å². The van der Waals surface area contributed by atoms with Gasteiger partial charge in [0, 0.05) is 23.5 Å². The Morgan fingerprint density at radius 1 is 1.00 bits per heavy atom. The minimum absolute atomic E-state index is 0.165. The number of halogens is 1. The maximum atomic E-state index is 13.4. The first-order valence-corrected chi connectivity index (χ1v) is 10.3. The van der Waals surface area contributed by atoms with Crippen molar-refractivity contribution in [3.63, 3.8) is 0 Å². The van der Waals surface area contributed by atoms with Crippen LogP contribution in [0.1, 0.15) is 11.6 Å². The van der Waals surface area contributed by atoms with Gasteiger partial charge in [0.1, 0.15) is 24.3 Å². The summed E-state index contributed by atoms with van der Waals surface area (Å²) in [6, 6.07) is 17.2. The zero-order chi connectivity index (χ0) is 22.4. The Bertz CT molecular complexity index is 1450. The summed E-state index contributed by atoms with van der Waals surface area (Å²) in [5, 5.41) is 11.4. The molecule has 4 heterocycles. The van der Waals surface area contributed by atoms with Gasteiger partial charge in [-0.3, -0.25) is 10.00 Å². The number of carbonyl (C=O) groups is 1. The number of H-pyrrole nitrogens is 1. The molecule has 1 aliphatic rings. The van der Waals surface area contributed by atoms with E-state index in [4.69, 9.17) is 9.72 Å². The number of aromatic nitrogens is 5. The van der Waals surface area contributed by atoms with E-state index in [1.807, 2.05) is 30.3 Å². The monoisotopic (exact) mass is 440 g/mol. The lowest BCUT2D eigenvalue weighted by molar-refractivity contribution is 0.179. The van der Waals surface area contributed by atoms with Gasteiger partial charge in [0.2, 0.25) is 0 Å². The number of amides is 1. The Balaban J connectivity index is 1.38. The molecule has 1 amide bonds. The van der Waals surface area contributed by atoms with Gasteiger partial charge in [-0.2, -0.15) is 10.2 Å². The molecule has 3 aromatic heterocycles. The van der Waals surface area contributed by atoms with Gasteiger partial charge in [0.05, 0.1) is 11.9 Å². The highest BCUT2D eigenvalue weighted by Gasteiger charge is 2.36. The Hall–Kier alpha value is -4.53. The van der Waals surface area contributed by atoms with Gasteiger partial charge in [-0.25, -0.2) is 18.7 Å². The van der Waals surface area contributed by atoms with Crippen molar-refractivity contribution in [2.24, 2.45) is 0 Å². The molecule has 0 spiro atoms. The smallest absolute Gasteiger partial charge is 0.416 e. The molecular formula is C24H17FN6O2. The van der Waals surface area contributed by atoms with Gasteiger partial charge in [-0.15, -0.1) is 0 Å². The standard InChI is InChI=1S/C24H17FN6O2/c25-18-7-5-17(6-8-18)21-14-33-24(32)31(21)22-10-12-30-23(28-22)19(13-27-30)15-1-3-16(4-2-15)20-9-11-26-29-20/h1-13,21H,14H2,(H,26,29). The maximum Gasteiger partial charge on any atom is 0.416 e. The average Bonchev–Trinajstić information content (AvgIpc) is 3.59. The van der Waals surface area contributed by atoms with Crippen LogP contribution < -0.4 is 4.90 Å². The van der Waals surface area contributed by atoms with Crippen molar-refractivity contribution in [2.75, 3.05) is 11.5 Å². The van der Waals surface area contributed by atoms with E-state index in [2.05, 4.69) is 15.3 Å². The molecule has 162 valence electrons. The minimum Gasteiger partial charge on any atom is -0.447 e. The van der Waals surface area contributed by atoms with Crippen LogP contribution in [0.2, 0.25) is 0 Å². The molecule has 2 aromatic carbocycles. The molecule has 1 saturated heterocycles. The second-order valence-corrected chi connectivity index (χ2v) is 7.66. The number of hydrogen-bond donors (Lipinski definition) is 1. The lowest BCUT2D eigenvalue weighted by Crippen LogP contribution is -2.28. The van der Waals surface area contributed by atoms with Crippen molar-refractivity contribution in [2.45, 2.75) is 6.04 Å². The van der Waals surface area contributed by atoms with Crippen LogP contribution >= 0.6 is 0 Å². The molecule has 33 heavy (non-hydrogen) atoms. The van der Waals surface area contributed by atoms with E-state index in [-0.39, 0.29) is 12.4 Å². The van der Waals surface area contributed by atoms with Crippen molar-refractivity contribution >= 4 is 17.6 Å². The molecule has 8 nitrogen and oxygen atoms in total. The highest BCUT2D eigenvalue weighted by atomic mass is 19.1. The minimum atomic E-state index is -0.495. The van der Waals surface area contributed by atoms with E-state index in [9.17, 15) is 9.18 Å². The van der Waals surface area contributed by atoms with E-state index in [0.29, 0.717) is 11.5 Å². The zero-order valence-electron chi connectivity index (χ0n) is 17.2. The fourth-order valence-electron chi connectivity index (χ4n) is 4.04. The SMILES string of the molecule is O=C1OCC(c2ccc(F)cc2)N1c1ccn2ncc(-c3ccc(-c4cc[nH]n4)cc3)c2n1. The molecule has 6 rings (SSSR count). The molecule has 5 aromatic rings. The summed E-state index contributed by atoms with van der Waals surface area (Å²) in [6.45, 7) is 0.165. The van der Waals surface area contributed by atoms with Crippen molar-refractivity contribution in [1.82, 2.24) is 24.8 Å². The third-order valence-electron chi connectivity index (χ3n) is 5.72. The summed E-state index contributed by atoms with van der Waals surface area (Å²) in [4.78, 5) is 18.8. The molecule has 0 radical (unpaired) electrons. The molecule has 0 bridgehead atoms. The number of ether oxygens (including phenoxy) is 1. The van der Waals surface area contributed by atoms with Crippen molar-refractivity contribution < 1.29 is 13.9 Å². The van der Waals surface area contributed by atoms with Gasteiger partial charge in [0.25, 0.3) is 0 Å². The summed E-state index contributed by atoms with van der Waals surface area (Å²) in [7, 11) is 0. The van der Waals surface area contributed by atoms with Gasteiger partial charge in [0.15, 0.2) is 5.65 Å². The first-order chi connectivity index (χ1) is 16.2. The summed E-state index contributed by atoms with van der Waals surface area (Å²) in [6.07, 6.45) is 4.79. The van der Waals surface area contributed by atoms with Crippen LogP contribution in [0, 0.1) is 5.82 Å². The topological polar surface area (TPSA) is 88.4 Å². The van der Waals surface area contributed by atoms with Gasteiger partial charge < -0.3 is 4.74 Å². The molecular weight excluding hydrogens is 423 g/mol. The quantitative estimate of drug-likeness (QED) is 0.440. The number of rotatable bonds is 4. The summed E-state index contributed by atoms with van der Waals surface area (Å²) in [5.74, 6) is 0.103. The first-order valence-electron chi connectivity index (χ1n) is 10.3. The lowest BCUT2D eigenvalue weighted by Gasteiger charge is -2.20. The molecule has 1 unspecified atom stereocenters. The van der Waals surface area contributed by atoms with Crippen molar-refractivity contribution in [3.8, 4) is 22.4 Å². The fourth-order valence-corrected chi connectivity index (χ4v) is 4.04. The Kier molecular flexibility index (Phi) is 4.39. The molecule has 1 fully saturated rings. The number of carbonyl (C=O) groups excluding carboxylic acids is 1. The number of anilines is 1. The van der Waals surface area contributed by atoms with Crippen LogP contribution in [-0.4, -0.2) is 37.5 Å². The predicted octanol–water partition coefficient (Wildman–Crippen LogP) is 4.62. The second-order valence-electron chi connectivity index (χ2n) is 7.66. The Labute approximate surface area is 187 Å². The number of nitrogens with one attached hydrogen (secondary N) is 1. The van der Waals surface area contributed by atoms with E-state index in [1.165, 1.54) is 17.0 Å². The van der Waals surface area contributed by atoms with Crippen LogP contribution in [0.5, 0.6) is 0 Å². The summed E-state index contributed by atoms with van der Waals surface area (Å²) in [5.41, 5.74) is 5.00. The van der Waals surface area contributed by atoms with Crippen LogP contribution in [0.25, 0.3) is 28.0 Å². The first kappa shape index (κ1) is 19.2. The molecule has 9 heteroatoms. The normalized spacial score (nSPS) is 15.8. The molecule has 0 saturated carbocycles. The summed E-state index contributed by atoms with van der Waals surface area (Å²) < 4.78 is 20.3. The Morgan fingerprint density at radius 2 is 1.79 bits per heavy atom. The molecule has 0 aliphatic carbocycles. The third kappa shape index (κ3) is 3.30. The number of hydrogen-bond acceptors (Lipinski definition) is 5. The number of cyclic esters (lactones) is 1. The second kappa shape index (κ2) is 7.56. The number of fused-ring (bicyclic) bond motifs is 1. The van der Waals surface area contributed by atoms with E-state index < -0.39 is 12.1 Å². The van der Waals surface area contributed by atoms with E-state index >= 15 is 0 Å². The largest absolute Gasteiger partial charge is 0.447 e. The lowest BCUT2D eigenvalue weighted by atomic mass is 10.1. The predicted molar refractivity (Wildman–Crippen MR) is 119 cm³/mol. The molecule has 1 N–H and O–H groups in total. The summed E-state index contributed by atoms with van der Waals surface area (Å²) >= 11 is 0. The highest BCUT2D eigenvalue weighted by Crippen LogP contribution is 2.33. The number of nitrogens with zero attached hydrogens (tertiary/aromatic N) is 5. The van der Waals surface area contributed by atoms with E-state index in [1.54, 1.807) is 41.3 Å². The van der Waals surface area contributed by atoms with Crippen LogP contribution in [0.3, 0.4) is 0 Å². The average molecular weight is 440 g/mol. The number of benzene rings is 2. The fraction of sp³-hybridized carbons (Fsp3) is 0.0833. The highest BCUT2D eigenvalue weighted by molar-refractivity contribution is 5.90. The number of aromatic amines is 1. The molecule has 1 aliphatic heterocycles. The van der Waals surface area contributed by atoms with E-state index in [0.717, 1.165) is 27.9 Å². The van der Waals surface area contributed by atoms with Gasteiger partial charge >= 0.3 is 6.09 Å². The molecule has 1 atom stereocenters. The maximum absolute atomic E-state index is 13.4. The van der Waals surface area contributed by atoms with Gasteiger partial charge in [-0.1, -0.05) is 36.4 Å². The van der Waals surface area contributed by atoms with Crippen LogP contribution in [0.15, 0.2) is 79.3 Å². The van der Waals surface area contributed by atoms with Gasteiger partial charge in [-0.05, 0) is 35.4 Å². The van der Waals surface area contributed by atoms with Crippen LogP contribution in [0.4, 0.5) is 15.0 Å². The Morgan fingerprint density at radius 3 is 2.55 bits per heavy atom. The third-order valence-corrected chi connectivity index (χ3v) is 5.72. The van der Waals surface area contributed by atoms with Crippen LogP contribution in [-0.2, 0) is 4.74 Å². The van der Waals surface area contributed by atoms with Crippen molar-refractivity contribution in [3.05, 3.63) is 90.6 Å². The zero-order valence-corrected chi connectivity index (χ0v) is 17.2.